The van der Waals surface area contributed by atoms with Crippen LogP contribution in [0.3, 0.4) is 0 Å². The van der Waals surface area contributed by atoms with Crippen LogP contribution < -0.4 is 0 Å². The van der Waals surface area contributed by atoms with E-state index in [1.54, 1.807) is 11.8 Å². The number of halogens is 3. The van der Waals surface area contributed by atoms with Crippen molar-refractivity contribution in [3.8, 4) is 5.82 Å². The first-order valence-corrected chi connectivity index (χ1v) is 8.84. The summed E-state index contributed by atoms with van der Waals surface area (Å²) in [7, 11) is 0. The second-order valence-corrected chi connectivity index (χ2v) is 6.44. The Hall–Kier alpha value is -2.95. The van der Waals surface area contributed by atoms with Gasteiger partial charge in [-0.25, -0.2) is 14.5 Å². The Bertz CT molecular complexity index is 890. The zero-order valence-electron chi connectivity index (χ0n) is 15.8. The number of rotatable bonds is 4. The summed E-state index contributed by atoms with van der Waals surface area (Å²) < 4.78 is 49.7. The largest absolute Gasteiger partial charge is 0.449 e. The van der Waals surface area contributed by atoms with Gasteiger partial charge in [-0.15, -0.1) is 0 Å². The molecule has 0 saturated carbocycles. The normalized spacial score (nSPS) is 15.8. The van der Waals surface area contributed by atoms with Crippen LogP contribution in [0.25, 0.3) is 5.82 Å². The zero-order valence-corrected chi connectivity index (χ0v) is 15.8. The van der Waals surface area contributed by atoms with Crippen LogP contribution in [-0.2, 0) is 20.4 Å². The zero-order chi connectivity index (χ0) is 21.2. The Labute approximate surface area is 164 Å². The maximum atomic E-state index is 12.7. The molecule has 1 aliphatic rings. The third-order valence-corrected chi connectivity index (χ3v) is 4.48. The molecule has 0 N–H and O–H groups in total. The smallest absolute Gasteiger partial charge is 0.417 e. The number of morpholine rings is 1. The molecule has 1 atom stereocenters. The van der Waals surface area contributed by atoms with Crippen LogP contribution in [0, 0.1) is 6.92 Å². The molecule has 1 saturated heterocycles. The van der Waals surface area contributed by atoms with Gasteiger partial charge in [-0.1, -0.05) is 0 Å². The minimum absolute atomic E-state index is 0.0910. The maximum Gasteiger partial charge on any atom is 0.417 e. The number of carbonyl (C=O) groups excluding carboxylic acids is 2. The first-order valence-electron chi connectivity index (χ1n) is 8.84. The molecular formula is C18H19F3N4O4. The number of esters is 1. The molecule has 1 amide bonds. The third-order valence-electron chi connectivity index (χ3n) is 4.48. The van der Waals surface area contributed by atoms with E-state index in [1.807, 2.05) is 0 Å². The fourth-order valence-electron chi connectivity index (χ4n) is 2.84. The Morgan fingerprint density at radius 1 is 1.21 bits per heavy atom. The van der Waals surface area contributed by atoms with Crippen LogP contribution in [0.2, 0.25) is 0 Å². The lowest BCUT2D eigenvalue weighted by Gasteiger charge is -2.28. The fraction of sp³-hybridized carbons (Fsp3) is 0.444. The molecule has 0 aliphatic carbocycles. The lowest BCUT2D eigenvalue weighted by atomic mass is 10.2. The van der Waals surface area contributed by atoms with Gasteiger partial charge >= 0.3 is 12.1 Å². The highest BCUT2D eigenvalue weighted by Crippen LogP contribution is 2.28. The topological polar surface area (TPSA) is 86.5 Å². The molecule has 2 aromatic heterocycles. The highest BCUT2D eigenvalue weighted by molar-refractivity contribution is 5.93. The van der Waals surface area contributed by atoms with E-state index in [-0.39, 0.29) is 17.3 Å². The van der Waals surface area contributed by atoms with Crippen molar-refractivity contribution in [1.29, 1.82) is 0 Å². The van der Waals surface area contributed by atoms with Gasteiger partial charge in [-0.2, -0.15) is 18.3 Å². The minimum Gasteiger partial charge on any atom is -0.449 e. The van der Waals surface area contributed by atoms with Gasteiger partial charge < -0.3 is 14.4 Å². The summed E-state index contributed by atoms with van der Waals surface area (Å²) in [5.41, 5.74) is -0.470. The first-order chi connectivity index (χ1) is 13.7. The number of nitrogens with zero attached hydrogens (tertiary/aromatic N) is 4. The van der Waals surface area contributed by atoms with E-state index >= 15 is 0 Å². The molecule has 3 heterocycles. The minimum atomic E-state index is -4.50. The average Bonchev–Trinajstić information content (AvgIpc) is 3.09. The molecule has 11 heteroatoms. The predicted octanol–water partition coefficient (Wildman–Crippen LogP) is 2.00. The summed E-state index contributed by atoms with van der Waals surface area (Å²) in [5.74, 6) is -0.960. The maximum absolute atomic E-state index is 12.7. The number of hydrogen-bond acceptors (Lipinski definition) is 6. The van der Waals surface area contributed by atoms with E-state index < -0.39 is 23.8 Å². The quantitative estimate of drug-likeness (QED) is 0.714. The highest BCUT2D eigenvalue weighted by Gasteiger charge is 2.31. The second kappa shape index (κ2) is 8.19. The van der Waals surface area contributed by atoms with Crippen molar-refractivity contribution in [3.05, 3.63) is 41.3 Å². The van der Waals surface area contributed by atoms with Gasteiger partial charge in [-0.3, -0.25) is 4.79 Å². The van der Waals surface area contributed by atoms with E-state index in [4.69, 9.17) is 9.47 Å². The van der Waals surface area contributed by atoms with Gasteiger partial charge in [0.05, 0.1) is 30.7 Å². The van der Waals surface area contributed by atoms with Crippen molar-refractivity contribution < 1.29 is 32.2 Å². The molecule has 0 radical (unpaired) electrons. The van der Waals surface area contributed by atoms with E-state index in [2.05, 4.69) is 10.1 Å². The molecule has 3 rings (SSSR count). The van der Waals surface area contributed by atoms with E-state index in [9.17, 15) is 22.8 Å². The summed E-state index contributed by atoms with van der Waals surface area (Å²) in [6.45, 7) is 4.75. The van der Waals surface area contributed by atoms with Crippen molar-refractivity contribution in [2.75, 3.05) is 26.3 Å². The SMILES string of the molecule is Cc1c(C(=O)OC(C)C(=O)N2CCOCC2)cnn1-c1ccc(C(F)(F)F)cn1. The van der Waals surface area contributed by atoms with E-state index in [1.165, 1.54) is 17.8 Å². The highest BCUT2D eigenvalue weighted by atomic mass is 19.4. The molecule has 8 nitrogen and oxygen atoms in total. The first kappa shape index (κ1) is 20.8. The lowest BCUT2D eigenvalue weighted by molar-refractivity contribution is -0.143. The fourth-order valence-corrected chi connectivity index (χ4v) is 2.84. The van der Waals surface area contributed by atoms with Crippen LogP contribution in [0.4, 0.5) is 13.2 Å². The number of carbonyl (C=O) groups is 2. The molecule has 1 fully saturated rings. The number of pyridine rings is 1. The summed E-state index contributed by atoms with van der Waals surface area (Å²) in [5, 5.41) is 4.00. The molecule has 1 unspecified atom stereocenters. The molecule has 0 bridgehead atoms. The van der Waals surface area contributed by atoms with Gasteiger partial charge in [0.1, 0.15) is 5.56 Å². The van der Waals surface area contributed by atoms with E-state index in [0.29, 0.717) is 38.2 Å². The van der Waals surface area contributed by atoms with Crippen LogP contribution in [-0.4, -0.2) is 63.9 Å². The summed E-state index contributed by atoms with van der Waals surface area (Å²) in [6.07, 6.45) is -3.57. The van der Waals surface area contributed by atoms with Gasteiger partial charge in [0.15, 0.2) is 11.9 Å². The Kier molecular flexibility index (Phi) is 5.87. The van der Waals surface area contributed by atoms with Gasteiger partial charge in [0.25, 0.3) is 5.91 Å². The van der Waals surface area contributed by atoms with Crippen molar-refractivity contribution in [3.63, 3.8) is 0 Å². The van der Waals surface area contributed by atoms with Crippen molar-refractivity contribution in [2.45, 2.75) is 26.1 Å². The van der Waals surface area contributed by atoms with E-state index in [0.717, 1.165) is 12.1 Å². The lowest BCUT2D eigenvalue weighted by Crippen LogP contribution is -2.46. The number of hydrogen-bond donors (Lipinski definition) is 0. The van der Waals surface area contributed by atoms with Crippen molar-refractivity contribution in [1.82, 2.24) is 19.7 Å². The van der Waals surface area contributed by atoms with Crippen LogP contribution in [0.5, 0.6) is 0 Å². The second-order valence-electron chi connectivity index (χ2n) is 6.44. The molecule has 29 heavy (non-hydrogen) atoms. The summed E-state index contributed by atoms with van der Waals surface area (Å²) in [4.78, 5) is 30.1. The average molecular weight is 412 g/mol. The molecule has 0 aromatic carbocycles. The Morgan fingerprint density at radius 3 is 2.48 bits per heavy atom. The Morgan fingerprint density at radius 2 is 1.90 bits per heavy atom. The van der Waals surface area contributed by atoms with Crippen LogP contribution in [0.15, 0.2) is 24.5 Å². The number of aromatic nitrogens is 3. The van der Waals surface area contributed by atoms with Crippen molar-refractivity contribution >= 4 is 11.9 Å². The summed E-state index contributed by atoms with van der Waals surface area (Å²) >= 11 is 0. The van der Waals surface area contributed by atoms with Crippen molar-refractivity contribution in [2.24, 2.45) is 0 Å². The van der Waals surface area contributed by atoms with Gasteiger partial charge in [-0.05, 0) is 26.0 Å². The van der Waals surface area contributed by atoms with Crippen LogP contribution in [0.1, 0.15) is 28.5 Å². The summed E-state index contributed by atoms with van der Waals surface area (Å²) in [6, 6.07) is 2.03. The Balaban J connectivity index is 1.71. The number of ether oxygens (including phenoxy) is 2. The van der Waals surface area contributed by atoms with Crippen LogP contribution >= 0.6 is 0 Å². The molecule has 2 aromatic rings. The third kappa shape index (κ3) is 4.56. The molecule has 1 aliphatic heterocycles. The standard InChI is InChI=1S/C18H19F3N4O4/c1-11-14(17(27)29-12(2)16(26)24-5-7-28-8-6-24)10-23-25(11)15-4-3-13(9-22-15)18(19,20)21/h3-4,9-10,12H,5-8H2,1-2H3. The number of alkyl halides is 3. The molecule has 156 valence electrons. The monoisotopic (exact) mass is 412 g/mol. The number of amides is 1. The predicted molar refractivity (Wildman–Crippen MR) is 93.4 cm³/mol. The molecule has 0 spiro atoms. The van der Waals surface area contributed by atoms with Gasteiger partial charge in [0.2, 0.25) is 0 Å². The molecular weight excluding hydrogens is 393 g/mol. The van der Waals surface area contributed by atoms with Gasteiger partial charge in [0, 0.05) is 19.3 Å².